The Kier molecular flexibility index (Phi) is 15.5. The molecule has 0 fully saturated rings. The van der Waals surface area contributed by atoms with Crippen LogP contribution in [0.15, 0.2) is 60.0 Å². The Balaban J connectivity index is 0.00000481. The second-order valence-electron chi connectivity index (χ2n) is 8.91. The zero-order valence-corrected chi connectivity index (χ0v) is 23.8. The predicted octanol–water partition coefficient (Wildman–Crippen LogP) is 7.03. The molecule has 0 unspecified atom stereocenters. The van der Waals surface area contributed by atoms with Crippen LogP contribution in [-0.4, -0.2) is 46.5 Å². The molecule has 39 heavy (non-hydrogen) atoms. The maximum Gasteiger partial charge on any atom is 0.412 e. The van der Waals surface area contributed by atoms with E-state index < -0.39 is 23.6 Å². The molecule has 3 amide bonds. The van der Waals surface area contributed by atoms with Gasteiger partial charge in [-0.3, -0.25) is 14.9 Å². The first-order valence-electron chi connectivity index (χ1n) is 11.4. The number of anilines is 2. The van der Waals surface area contributed by atoms with Crippen LogP contribution in [0, 0.1) is 0 Å². The first kappa shape index (κ1) is 36.0. The molecule has 1 aromatic heterocycles. The van der Waals surface area contributed by atoms with Crippen molar-refractivity contribution in [3.05, 3.63) is 65.5 Å². The van der Waals surface area contributed by atoms with E-state index in [1.165, 1.54) is 17.4 Å². The van der Waals surface area contributed by atoms with Gasteiger partial charge in [0.1, 0.15) is 11.6 Å². The van der Waals surface area contributed by atoms with E-state index in [4.69, 9.17) is 4.74 Å². The summed E-state index contributed by atoms with van der Waals surface area (Å²) in [6, 6.07) is 15.4. The molecule has 0 aliphatic rings. The third-order valence-electron chi connectivity index (χ3n) is 4.81. The fourth-order valence-electron chi connectivity index (χ4n) is 3.17. The number of nitrogens with zero attached hydrogens (tertiary/aromatic N) is 1. The van der Waals surface area contributed by atoms with Gasteiger partial charge in [-0.2, -0.15) is 25.3 Å². The van der Waals surface area contributed by atoms with Crippen LogP contribution < -0.4 is 16.0 Å². The summed E-state index contributed by atoms with van der Waals surface area (Å²) < 4.78 is 5.26. The van der Waals surface area contributed by atoms with Gasteiger partial charge in [-0.25, -0.2) is 9.78 Å². The maximum atomic E-state index is 13.0. The van der Waals surface area contributed by atoms with E-state index in [-0.39, 0.29) is 34.3 Å². The van der Waals surface area contributed by atoms with Gasteiger partial charge in [0.25, 0.3) is 5.91 Å². The summed E-state index contributed by atoms with van der Waals surface area (Å²) in [7, 11) is 0. The van der Waals surface area contributed by atoms with Gasteiger partial charge in [-0.05, 0) is 57.4 Å². The monoisotopic (exact) mass is 592 g/mol. The second kappa shape index (κ2) is 16.8. The number of aromatic nitrogens is 1. The molecule has 214 valence electrons. The Hall–Kier alpha value is -3.02. The average Bonchev–Trinajstić information content (AvgIpc) is 3.29. The van der Waals surface area contributed by atoms with Crippen molar-refractivity contribution in [3.8, 4) is 11.3 Å². The van der Waals surface area contributed by atoms with E-state index in [0.717, 1.165) is 11.3 Å². The number of benzene rings is 2. The van der Waals surface area contributed by atoms with E-state index in [1.54, 1.807) is 50.7 Å². The minimum atomic E-state index is -0.753. The largest absolute Gasteiger partial charge is 0.444 e. The summed E-state index contributed by atoms with van der Waals surface area (Å²) in [6.07, 6.45) is 1.77. The lowest BCUT2D eigenvalue weighted by molar-refractivity contribution is -0.118. The number of hydrogen-bond donors (Lipinski definition) is 3. The van der Waals surface area contributed by atoms with Crippen molar-refractivity contribution in [1.29, 1.82) is 0 Å². The Morgan fingerprint density at radius 2 is 1.72 bits per heavy atom. The van der Waals surface area contributed by atoms with Gasteiger partial charge in [-0.15, -0.1) is 11.3 Å². The average molecular weight is 593 g/mol. The summed E-state index contributed by atoms with van der Waals surface area (Å²) >= 11 is 2.91. The summed E-state index contributed by atoms with van der Waals surface area (Å²) in [5, 5.41) is 10.6. The Morgan fingerprint density at radius 3 is 2.36 bits per heavy atom. The van der Waals surface area contributed by atoms with Gasteiger partial charge in [0, 0.05) is 22.2 Å². The molecule has 8 nitrogen and oxygen atoms in total. The lowest BCUT2D eigenvalue weighted by Gasteiger charge is -2.20. The molecule has 3 rings (SSSR count). The molecule has 1 atom stereocenters. The van der Waals surface area contributed by atoms with E-state index in [9.17, 15) is 14.4 Å². The normalized spacial score (nSPS) is 11.0. The van der Waals surface area contributed by atoms with Gasteiger partial charge in [-0.1, -0.05) is 51.3 Å². The maximum absolute atomic E-state index is 13.0. The van der Waals surface area contributed by atoms with Gasteiger partial charge in [0.15, 0.2) is 5.13 Å². The van der Waals surface area contributed by atoms with Crippen LogP contribution in [0.3, 0.4) is 0 Å². The molecular weight excluding hydrogens is 553 g/mol. The molecule has 3 N–H and O–H groups in total. The number of amides is 3. The van der Waals surface area contributed by atoms with Gasteiger partial charge in [0.2, 0.25) is 5.91 Å². The lowest BCUT2D eigenvalue weighted by Crippen LogP contribution is -2.44. The number of hydrogen-bond acceptors (Lipinski definition) is 7. The van der Waals surface area contributed by atoms with Crippen molar-refractivity contribution in [2.45, 2.75) is 53.7 Å². The lowest BCUT2D eigenvalue weighted by atomic mass is 10.1. The highest BCUT2D eigenvalue weighted by atomic mass is 32.2. The van der Waals surface area contributed by atoms with Crippen LogP contribution in [0.1, 0.15) is 52.4 Å². The topological polar surface area (TPSA) is 109 Å². The van der Waals surface area contributed by atoms with Crippen LogP contribution >= 0.6 is 36.6 Å². The van der Waals surface area contributed by atoms with Crippen LogP contribution in [0.5, 0.6) is 0 Å². The molecule has 2 aromatic carbocycles. The third kappa shape index (κ3) is 11.7. The number of carbonyl (C=O) groups is 3. The van der Waals surface area contributed by atoms with Crippen LogP contribution in [-0.2, 0) is 9.53 Å². The number of nitrogens with one attached hydrogen (secondary N) is 3. The van der Waals surface area contributed by atoms with E-state index in [1.807, 2.05) is 42.0 Å². The molecule has 0 bridgehead atoms. The Morgan fingerprint density at radius 1 is 1.03 bits per heavy atom. The molecule has 0 aliphatic heterocycles. The second-order valence-corrected chi connectivity index (χ2v) is 10.8. The molecule has 0 spiro atoms. The van der Waals surface area contributed by atoms with Gasteiger partial charge in [0.05, 0.1) is 5.69 Å². The van der Waals surface area contributed by atoms with Crippen LogP contribution in [0.4, 0.5) is 15.6 Å². The molecule has 0 saturated heterocycles. The molecule has 3 aromatic rings. The summed E-state index contributed by atoms with van der Waals surface area (Å²) in [5.41, 5.74) is 1.82. The summed E-state index contributed by atoms with van der Waals surface area (Å²) in [5.74, 6) is -0.0752. The van der Waals surface area contributed by atoms with Gasteiger partial charge >= 0.3 is 6.09 Å². The summed E-state index contributed by atoms with van der Waals surface area (Å²) in [6.45, 7) is 5.30. The number of thiazole rings is 1. The Bertz CT molecular complexity index is 1200. The SMILES string of the molecule is C.C.CSCC[C@H](NC(=O)c1cccc(NC(=O)OC(C)(C)C)c1)C(=O)Nc1nc(-c2ccccc2)cs1.S. The number of thioether (sulfide) groups is 1. The van der Waals surface area contributed by atoms with Crippen LogP contribution in [0.25, 0.3) is 11.3 Å². The van der Waals surface area contributed by atoms with Gasteiger partial charge < -0.3 is 15.4 Å². The smallest absolute Gasteiger partial charge is 0.412 e. The van der Waals surface area contributed by atoms with E-state index in [2.05, 4.69) is 20.9 Å². The quantitative estimate of drug-likeness (QED) is 0.246. The fraction of sp³-hybridized carbons (Fsp3) is 0.357. The number of ether oxygens (including phenoxy) is 1. The molecule has 0 radical (unpaired) electrons. The van der Waals surface area contributed by atoms with Crippen molar-refractivity contribution in [1.82, 2.24) is 10.3 Å². The zero-order chi connectivity index (χ0) is 26.1. The zero-order valence-electron chi connectivity index (χ0n) is 21.2. The van der Waals surface area contributed by atoms with Crippen molar-refractivity contribution in [3.63, 3.8) is 0 Å². The standard InChI is InChI=1S/C26H30N4O4S2.2CH4.H2S/c1-26(2,3)34-25(33)27-19-12-8-11-18(15-19)22(31)28-20(13-14-35-4)23(32)30-24-29-21(16-36-24)17-9-6-5-7-10-17;;;/h5-12,15-16,20H,13-14H2,1-4H3,(H,27,33)(H,28,31)(H,29,30,32);2*1H4;1H2/t20-;;;/m0.../s1. The number of rotatable bonds is 9. The first-order valence-corrected chi connectivity index (χ1v) is 13.6. The molecule has 11 heteroatoms. The Labute approximate surface area is 247 Å². The van der Waals surface area contributed by atoms with Crippen molar-refractivity contribution < 1.29 is 19.1 Å². The molecule has 0 saturated carbocycles. The number of carbonyl (C=O) groups excluding carboxylic acids is 3. The highest BCUT2D eigenvalue weighted by Gasteiger charge is 2.23. The predicted molar refractivity (Wildman–Crippen MR) is 171 cm³/mol. The molecule has 1 heterocycles. The van der Waals surface area contributed by atoms with Crippen molar-refractivity contribution in [2.24, 2.45) is 0 Å². The highest BCUT2D eigenvalue weighted by Crippen LogP contribution is 2.25. The first-order chi connectivity index (χ1) is 17.1. The third-order valence-corrected chi connectivity index (χ3v) is 6.21. The highest BCUT2D eigenvalue weighted by molar-refractivity contribution is 7.98. The van der Waals surface area contributed by atoms with Crippen LogP contribution in [0.2, 0.25) is 0 Å². The fourth-order valence-corrected chi connectivity index (χ4v) is 4.36. The van der Waals surface area contributed by atoms with Crippen molar-refractivity contribution in [2.75, 3.05) is 22.6 Å². The van der Waals surface area contributed by atoms with E-state index in [0.29, 0.717) is 28.6 Å². The molecule has 0 aliphatic carbocycles. The van der Waals surface area contributed by atoms with E-state index >= 15 is 0 Å². The minimum Gasteiger partial charge on any atom is -0.444 e. The van der Waals surface area contributed by atoms with Crippen molar-refractivity contribution >= 4 is 65.3 Å². The minimum absolute atomic E-state index is 0. The summed E-state index contributed by atoms with van der Waals surface area (Å²) in [4.78, 5) is 42.6. The molecular formula is C28H40N4O4S3.